The van der Waals surface area contributed by atoms with E-state index < -0.39 is 5.97 Å². The van der Waals surface area contributed by atoms with Crippen molar-refractivity contribution in [3.63, 3.8) is 0 Å². The van der Waals surface area contributed by atoms with E-state index in [4.69, 9.17) is 0 Å². The molecule has 0 aliphatic carbocycles. The van der Waals surface area contributed by atoms with Crippen LogP contribution in [0.4, 0.5) is 0 Å². The SMILES string of the molecule is CC.CCC(CC)Cc1ccc(-c2c(C#N)c(C)n(C)c2C(=O)O)cc1. The third-order valence-corrected chi connectivity index (χ3v) is 4.92. The molecule has 1 heterocycles. The van der Waals surface area contributed by atoms with E-state index in [9.17, 15) is 15.2 Å². The molecule has 0 saturated heterocycles. The van der Waals surface area contributed by atoms with Crippen LogP contribution in [0, 0.1) is 24.2 Å². The van der Waals surface area contributed by atoms with Gasteiger partial charge in [0.2, 0.25) is 0 Å². The first-order chi connectivity index (χ1) is 12.4. The molecule has 1 N–H and O–H groups in total. The van der Waals surface area contributed by atoms with Crippen molar-refractivity contribution in [3.8, 4) is 17.2 Å². The molecule has 2 aromatic rings. The number of rotatable bonds is 6. The topological polar surface area (TPSA) is 66.0 Å². The van der Waals surface area contributed by atoms with Gasteiger partial charge in [-0.05, 0) is 30.4 Å². The van der Waals surface area contributed by atoms with Gasteiger partial charge in [0.15, 0.2) is 0 Å². The number of aromatic carboxylic acids is 1. The third-order valence-electron chi connectivity index (χ3n) is 4.92. The van der Waals surface area contributed by atoms with Crippen molar-refractivity contribution in [3.05, 3.63) is 46.8 Å². The van der Waals surface area contributed by atoms with Crippen LogP contribution in [0.1, 0.15) is 67.8 Å². The number of carbonyl (C=O) groups is 1. The average molecular weight is 354 g/mol. The lowest BCUT2D eigenvalue weighted by Gasteiger charge is -2.12. The van der Waals surface area contributed by atoms with Crippen molar-refractivity contribution in [1.29, 1.82) is 5.26 Å². The van der Waals surface area contributed by atoms with Crippen LogP contribution in [0.15, 0.2) is 24.3 Å². The maximum atomic E-state index is 11.7. The summed E-state index contributed by atoms with van der Waals surface area (Å²) in [4.78, 5) is 11.7. The van der Waals surface area contributed by atoms with Crippen LogP contribution in [-0.2, 0) is 13.5 Å². The van der Waals surface area contributed by atoms with Crippen LogP contribution in [0.2, 0.25) is 0 Å². The van der Waals surface area contributed by atoms with Gasteiger partial charge in [-0.25, -0.2) is 4.79 Å². The number of carboxylic acids is 1. The van der Waals surface area contributed by atoms with Crippen LogP contribution < -0.4 is 0 Å². The highest BCUT2D eigenvalue weighted by Gasteiger charge is 2.24. The fraction of sp³-hybridized carbons (Fsp3) is 0.455. The normalized spacial score (nSPS) is 10.2. The summed E-state index contributed by atoms with van der Waals surface area (Å²) in [6, 6.07) is 10.1. The minimum absolute atomic E-state index is 0.164. The zero-order valence-electron chi connectivity index (χ0n) is 16.8. The second-order valence-corrected chi connectivity index (χ2v) is 6.24. The maximum absolute atomic E-state index is 11.7. The second-order valence-electron chi connectivity index (χ2n) is 6.24. The lowest BCUT2D eigenvalue weighted by atomic mass is 9.93. The molecule has 4 heteroatoms. The minimum Gasteiger partial charge on any atom is -0.477 e. The van der Waals surface area contributed by atoms with Crippen LogP contribution in [0.3, 0.4) is 0 Å². The highest BCUT2D eigenvalue weighted by Crippen LogP contribution is 2.32. The largest absolute Gasteiger partial charge is 0.477 e. The van der Waals surface area contributed by atoms with Crippen molar-refractivity contribution < 1.29 is 9.90 Å². The Balaban J connectivity index is 0.00000163. The maximum Gasteiger partial charge on any atom is 0.353 e. The van der Waals surface area contributed by atoms with Crippen LogP contribution in [0.5, 0.6) is 0 Å². The van der Waals surface area contributed by atoms with Gasteiger partial charge in [0.1, 0.15) is 11.8 Å². The molecule has 0 fully saturated rings. The van der Waals surface area contributed by atoms with Crippen molar-refractivity contribution in [2.75, 3.05) is 0 Å². The molecule has 4 nitrogen and oxygen atoms in total. The van der Waals surface area contributed by atoms with E-state index in [0.29, 0.717) is 22.7 Å². The number of aromatic nitrogens is 1. The molecule has 0 bridgehead atoms. The van der Waals surface area contributed by atoms with Crippen molar-refractivity contribution in [2.45, 2.75) is 53.9 Å². The van der Waals surface area contributed by atoms with Gasteiger partial charge < -0.3 is 9.67 Å². The van der Waals surface area contributed by atoms with Crippen LogP contribution in [-0.4, -0.2) is 15.6 Å². The van der Waals surface area contributed by atoms with E-state index in [1.54, 1.807) is 18.5 Å². The zero-order chi connectivity index (χ0) is 19.9. The lowest BCUT2D eigenvalue weighted by Crippen LogP contribution is -2.06. The monoisotopic (exact) mass is 354 g/mol. The van der Waals surface area contributed by atoms with E-state index in [1.165, 1.54) is 5.56 Å². The predicted octanol–water partition coefficient (Wildman–Crippen LogP) is 5.58. The Morgan fingerprint density at radius 1 is 1.19 bits per heavy atom. The van der Waals surface area contributed by atoms with Crippen LogP contribution in [0.25, 0.3) is 11.1 Å². The molecule has 0 aliphatic heterocycles. The molecular weight excluding hydrogens is 324 g/mol. The molecule has 140 valence electrons. The fourth-order valence-corrected chi connectivity index (χ4v) is 3.19. The number of nitrogens with zero attached hydrogens (tertiary/aromatic N) is 2. The van der Waals surface area contributed by atoms with Crippen molar-refractivity contribution >= 4 is 5.97 Å². The average Bonchev–Trinajstić information content (AvgIpc) is 2.92. The van der Waals surface area contributed by atoms with Crippen molar-refractivity contribution in [1.82, 2.24) is 4.57 Å². The Hall–Kier alpha value is -2.54. The van der Waals surface area contributed by atoms with Gasteiger partial charge in [0.25, 0.3) is 0 Å². The molecular formula is C22H30N2O2. The summed E-state index contributed by atoms with van der Waals surface area (Å²) in [6.45, 7) is 10.2. The molecule has 0 amide bonds. The molecule has 1 aromatic heterocycles. The Kier molecular flexibility index (Phi) is 8.12. The molecule has 26 heavy (non-hydrogen) atoms. The molecule has 0 unspecified atom stereocenters. The van der Waals surface area contributed by atoms with Gasteiger partial charge >= 0.3 is 5.97 Å². The van der Waals surface area contributed by atoms with Gasteiger partial charge in [-0.3, -0.25) is 0 Å². The van der Waals surface area contributed by atoms with Crippen molar-refractivity contribution in [2.24, 2.45) is 13.0 Å². The summed E-state index contributed by atoms with van der Waals surface area (Å²) in [5.41, 5.74) is 3.81. The molecule has 2 rings (SSSR count). The second kappa shape index (κ2) is 9.82. The summed E-state index contributed by atoms with van der Waals surface area (Å²) in [6.07, 6.45) is 3.33. The number of hydrogen-bond donors (Lipinski definition) is 1. The summed E-state index contributed by atoms with van der Waals surface area (Å²) in [5.74, 6) is -0.350. The number of carboxylic acid groups (broad SMARTS) is 1. The highest BCUT2D eigenvalue weighted by atomic mass is 16.4. The Bertz CT molecular complexity index is 776. The van der Waals surface area contributed by atoms with E-state index in [0.717, 1.165) is 24.8 Å². The van der Waals surface area contributed by atoms with Gasteiger partial charge in [-0.1, -0.05) is 64.8 Å². The Labute approximate surface area is 157 Å². The van der Waals surface area contributed by atoms with E-state index in [-0.39, 0.29) is 5.69 Å². The summed E-state index contributed by atoms with van der Waals surface area (Å²) >= 11 is 0. The quantitative estimate of drug-likeness (QED) is 0.737. The molecule has 1 aromatic carbocycles. The summed E-state index contributed by atoms with van der Waals surface area (Å²) in [5, 5.41) is 19.0. The Morgan fingerprint density at radius 3 is 2.15 bits per heavy atom. The van der Waals surface area contributed by atoms with E-state index in [1.807, 2.05) is 38.1 Å². The summed E-state index contributed by atoms with van der Waals surface area (Å²) in [7, 11) is 1.69. The molecule has 0 radical (unpaired) electrons. The van der Waals surface area contributed by atoms with E-state index >= 15 is 0 Å². The first-order valence-electron chi connectivity index (χ1n) is 9.36. The van der Waals surface area contributed by atoms with Gasteiger partial charge in [0, 0.05) is 18.3 Å². The number of hydrogen-bond acceptors (Lipinski definition) is 2. The molecule has 0 saturated carbocycles. The highest BCUT2D eigenvalue weighted by molar-refractivity contribution is 5.97. The van der Waals surface area contributed by atoms with Gasteiger partial charge in [-0.2, -0.15) is 5.26 Å². The first-order valence-corrected chi connectivity index (χ1v) is 9.36. The smallest absolute Gasteiger partial charge is 0.353 e. The van der Waals surface area contributed by atoms with Gasteiger partial charge in [0.05, 0.1) is 5.56 Å². The first kappa shape index (κ1) is 21.5. The molecule has 0 atom stereocenters. The third kappa shape index (κ3) is 4.35. The van der Waals surface area contributed by atoms with Gasteiger partial charge in [-0.15, -0.1) is 0 Å². The van der Waals surface area contributed by atoms with Crippen LogP contribution >= 0.6 is 0 Å². The lowest BCUT2D eigenvalue weighted by molar-refractivity contribution is 0.0687. The standard InChI is InChI=1S/C20H24N2O2.C2H6/c1-5-14(6-2)11-15-7-9-16(10-8-15)18-17(12-21)13(3)22(4)19(18)20(23)24;1-2/h7-10,14H,5-6,11H2,1-4H3,(H,23,24);1-2H3. The fourth-order valence-electron chi connectivity index (χ4n) is 3.19. The minimum atomic E-state index is -1.02. The van der Waals surface area contributed by atoms with E-state index in [2.05, 4.69) is 19.9 Å². The Morgan fingerprint density at radius 2 is 1.73 bits per heavy atom. The number of benzene rings is 1. The number of nitriles is 1. The molecule has 0 aliphatic rings. The summed E-state index contributed by atoms with van der Waals surface area (Å²) < 4.78 is 1.58. The zero-order valence-corrected chi connectivity index (χ0v) is 16.8. The predicted molar refractivity (Wildman–Crippen MR) is 106 cm³/mol. The molecule has 0 spiro atoms.